The van der Waals surface area contributed by atoms with Gasteiger partial charge in [-0.25, -0.2) is 9.78 Å². The lowest BCUT2D eigenvalue weighted by molar-refractivity contribution is -0.139. The van der Waals surface area contributed by atoms with E-state index in [9.17, 15) is 23.1 Å². The van der Waals surface area contributed by atoms with Gasteiger partial charge in [0.1, 0.15) is 29.3 Å². The molecule has 0 fully saturated rings. The van der Waals surface area contributed by atoms with Crippen LogP contribution < -0.4 is 10.1 Å². The molecule has 1 heterocycles. The Hall–Kier alpha value is -4.31. The van der Waals surface area contributed by atoms with E-state index in [0.717, 1.165) is 22.8 Å². The van der Waals surface area contributed by atoms with Gasteiger partial charge in [-0.15, -0.1) is 0 Å². The minimum atomic E-state index is -4.68. The van der Waals surface area contributed by atoms with E-state index < -0.39 is 35.6 Å². The predicted octanol–water partition coefficient (Wildman–Crippen LogP) is 7.07. The second-order valence-electron chi connectivity index (χ2n) is 10.8. The Kier molecular flexibility index (Phi) is 8.44. The number of alkyl halides is 3. The fourth-order valence-corrected chi connectivity index (χ4v) is 4.08. The van der Waals surface area contributed by atoms with E-state index in [1.54, 1.807) is 20.8 Å². The van der Waals surface area contributed by atoms with Crippen molar-refractivity contribution in [2.24, 2.45) is 0 Å². The number of imidazole rings is 1. The molecule has 0 aliphatic rings. The molecule has 4 rings (SSSR count). The van der Waals surface area contributed by atoms with Crippen LogP contribution in [0.25, 0.3) is 22.4 Å². The second-order valence-corrected chi connectivity index (χ2v) is 10.8. The SMILES string of the molecule is CC(C)(C)OC(=O)N[C@@](C)(CO)c1ncc(-c2ccc(OCc3ccc(-c4ccccc4)cc3)c(C(F)(F)F)c2)[nH]1. The third-order valence-electron chi connectivity index (χ3n) is 6.24. The number of H-pyrrole nitrogens is 1. The zero-order valence-electron chi connectivity index (χ0n) is 23.2. The molecule has 3 aromatic carbocycles. The summed E-state index contributed by atoms with van der Waals surface area (Å²) >= 11 is 0. The average molecular weight is 568 g/mol. The molecule has 0 aliphatic heterocycles. The van der Waals surface area contributed by atoms with Crippen LogP contribution >= 0.6 is 0 Å². The number of aromatic amines is 1. The molecule has 4 aromatic rings. The van der Waals surface area contributed by atoms with Gasteiger partial charge in [0.15, 0.2) is 0 Å². The molecule has 0 spiro atoms. The Morgan fingerprint density at radius 2 is 1.56 bits per heavy atom. The highest BCUT2D eigenvalue weighted by atomic mass is 19.4. The van der Waals surface area contributed by atoms with Crippen molar-refractivity contribution in [3.63, 3.8) is 0 Å². The molecule has 216 valence electrons. The van der Waals surface area contributed by atoms with Gasteiger partial charge >= 0.3 is 12.3 Å². The number of amides is 1. The van der Waals surface area contributed by atoms with Crippen LogP contribution in [-0.4, -0.2) is 33.4 Å². The molecule has 0 saturated heterocycles. The molecule has 0 aliphatic carbocycles. The van der Waals surface area contributed by atoms with Crippen molar-refractivity contribution < 1.29 is 32.5 Å². The number of aliphatic hydroxyl groups is 1. The number of ether oxygens (including phenoxy) is 2. The molecule has 7 nitrogen and oxygen atoms in total. The number of benzene rings is 3. The first-order valence-corrected chi connectivity index (χ1v) is 12.9. The van der Waals surface area contributed by atoms with E-state index >= 15 is 0 Å². The zero-order chi connectivity index (χ0) is 29.8. The van der Waals surface area contributed by atoms with Crippen LogP contribution in [0.15, 0.2) is 79.0 Å². The highest BCUT2D eigenvalue weighted by Gasteiger charge is 2.36. The summed E-state index contributed by atoms with van der Waals surface area (Å²) in [5.41, 5.74) is 0.145. The molecule has 10 heteroatoms. The maximum atomic E-state index is 14.0. The number of alkyl carbamates (subject to hydrolysis) is 1. The largest absolute Gasteiger partial charge is 0.488 e. The number of carbonyl (C=O) groups excluding carboxylic acids is 1. The van der Waals surface area contributed by atoms with Crippen molar-refractivity contribution in [2.45, 2.75) is 51.6 Å². The molecule has 0 saturated carbocycles. The van der Waals surface area contributed by atoms with E-state index in [-0.39, 0.29) is 29.4 Å². The van der Waals surface area contributed by atoms with Gasteiger partial charge in [-0.05, 0) is 62.6 Å². The molecule has 3 N–H and O–H groups in total. The standard InChI is InChI=1S/C31H32F3N3O4/c1-29(2,3)41-28(39)37-30(4,19-38)27-35-17-25(36-27)23-14-15-26(24(16-23)31(32,33)34)40-18-20-10-12-22(13-11-20)21-8-6-5-7-9-21/h5-17,38H,18-19H2,1-4H3,(H,35,36)(H,37,39)/t30-/m0/s1. The highest BCUT2D eigenvalue weighted by molar-refractivity contribution is 5.69. The first-order chi connectivity index (χ1) is 19.3. The molecule has 1 atom stereocenters. The lowest BCUT2D eigenvalue weighted by atomic mass is 10.0. The summed E-state index contributed by atoms with van der Waals surface area (Å²) in [6.45, 7) is 6.02. The summed E-state index contributed by atoms with van der Waals surface area (Å²) in [5, 5.41) is 12.5. The van der Waals surface area contributed by atoms with E-state index in [4.69, 9.17) is 9.47 Å². The lowest BCUT2D eigenvalue weighted by Gasteiger charge is -2.28. The monoisotopic (exact) mass is 567 g/mol. The minimum Gasteiger partial charge on any atom is -0.488 e. The van der Waals surface area contributed by atoms with Gasteiger partial charge < -0.3 is 24.9 Å². The smallest absolute Gasteiger partial charge is 0.419 e. The van der Waals surface area contributed by atoms with Gasteiger partial charge in [-0.2, -0.15) is 13.2 Å². The van der Waals surface area contributed by atoms with Gasteiger partial charge in [0, 0.05) is 5.56 Å². The van der Waals surface area contributed by atoms with Gasteiger partial charge in [-0.1, -0.05) is 54.6 Å². The minimum absolute atomic E-state index is 0.0448. The Labute approximate surface area is 236 Å². The normalized spacial score (nSPS) is 13.4. The Morgan fingerprint density at radius 1 is 0.927 bits per heavy atom. The van der Waals surface area contributed by atoms with Crippen LogP contribution in [0.2, 0.25) is 0 Å². The van der Waals surface area contributed by atoms with Crippen molar-refractivity contribution >= 4 is 6.09 Å². The maximum absolute atomic E-state index is 14.0. The predicted molar refractivity (Wildman–Crippen MR) is 149 cm³/mol. The summed E-state index contributed by atoms with van der Waals surface area (Å²) in [6, 6.07) is 20.9. The van der Waals surface area contributed by atoms with E-state index in [0.29, 0.717) is 0 Å². The van der Waals surface area contributed by atoms with Gasteiger partial charge in [0.2, 0.25) is 0 Å². The molecule has 1 aromatic heterocycles. The molecular weight excluding hydrogens is 535 g/mol. The Morgan fingerprint density at radius 3 is 2.17 bits per heavy atom. The summed E-state index contributed by atoms with van der Waals surface area (Å²) < 4.78 is 53.0. The number of aliphatic hydroxyl groups excluding tert-OH is 1. The fourth-order valence-electron chi connectivity index (χ4n) is 4.08. The lowest BCUT2D eigenvalue weighted by Crippen LogP contribution is -2.48. The van der Waals surface area contributed by atoms with E-state index in [1.807, 2.05) is 54.6 Å². The average Bonchev–Trinajstić information content (AvgIpc) is 3.42. The van der Waals surface area contributed by atoms with Crippen molar-refractivity contribution in [3.8, 4) is 28.1 Å². The molecule has 0 bridgehead atoms. The van der Waals surface area contributed by atoms with Crippen molar-refractivity contribution in [3.05, 3.63) is 95.9 Å². The number of carbonyl (C=O) groups is 1. The maximum Gasteiger partial charge on any atom is 0.419 e. The van der Waals surface area contributed by atoms with Crippen molar-refractivity contribution in [1.29, 1.82) is 0 Å². The third-order valence-corrected chi connectivity index (χ3v) is 6.24. The Balaban J connectivity index is 1.52. The van der Waals surface area contributed by atoms with Crippen molar-refractivity contribution in [1.82, 2.24) is 15.3 Å². The zero-order valence-corrected chi connectivity index (χ0v) is 23.2. The van der Waals surface area contributed by atoms with Crippen LogP contribution in [-0.2, 0) is 23.1 Å². The molecule has 1 amide bonds. The number of halogens is 3. The number of aromatic nitrogens is 2. The van der Waals surface area contributed by atoms with Crippen LogP contribution in [0.1, 0.15) is 44.6 Å². The number of hydrogen-bond donors (Lipinski definition) is 3. The van der Waals surface area contributed by atoms with Crippen LogP contribution in [0, 0.1) is 0 Å². The molecule has 0 radical (unpaired) electrons. The first kappa shape index (κ1) is 29.7. The van der Waals surface area contributed by atoms with Crippen LogP contribution in [0.5, 0.6) is 5.75 Å². The number of nitrogens with zero attached hydrogens (tertiary/aromatic N) is 1. The number of rotatable bonds is 8. The molecular formula is C31H32F3N3O4. The quantitative estimate of drug-likeness (QED) is 0.212. The molecule has 0 unspecified atom stereocenters. The summed E-state index contributed by atoms with van der Waals surface area (Å²) in [5.74, 6) is -0.159. The summed E-state index contributed by atoms with van der Waals surface area (Å²) in [4.78, 5) is 19.4. The highest BCUT2D eigenvalue weighted by Crippen LogP contribution is 2.39. The summed E-state index contributed by atoms with van der Waals surface area (Å²) in [6.07, 6.45) is -4.12. The number of nitrogens with one attached hydrogen (secondary N) is 2. The van der Waals surface area contributed by atoms with Crippen LogP contribution in [0.4, 0.5) is 18.0 Å². The van der Waals surface area contributed by atoms with E-state index in [2.05, 4.69) is 15.3 Å². The second kappa shape index (κ2) is 11.7. The molecule has 41 heavy (non-hydrogen) atoms. The van der Waals surface area contributed by atoms with E-state index in [1.165, 1.54) is 25.3 Å². The van der Waals surface area contributed by atoms with Gasteiger partial charge in [-0.3, -0.25) is 0 Å². The Bertz CT molecular complexity index is 1480. The van der Waals surface area contributed by atoms with Crippen molar-refractivity contribution in [2.75, 3.05) is 6.61 Å². The van der Waals surface area contributed by atoms with Gasteiger partial charge in [0.25, 0.3) is 0 Å². The first-order valence-electron chi connectivity index (χ1n) is 12.9. The summed E-state index contributed by atoms with van der Waals surface area (Å²) in [7, 11) is 0. The van der Waals surface area contributed by atoms with Gasteiger partial charge in [0.05, 0.1) is 24.1 Å². The fraction of sp³-hybridized carbons (Fsp3) is 0.290. The van der Waals surface area contributed by atoms with Crippen LogP contribution in [0.3, 0.4) is 0 Å². The number of hydrogen-bond acceptors (Lipinski definition) is 5. The topological polar surface area (TPSA) is 96.5 Å². The third kappa shape index (κ3) is 7.46.